The van der Waals surface area contributed by atoms with Gasteiger partial charge in [-0.05, 0) is 26.7 Å². The molecule has 0 N–H and O–H groups in total. The third-order valence-electron chi connectivity index (χ3n) is 3.73. The molecule has 2 nitrogen and oxygen atoms in total. The Hall–Kier alpha value is 0.620. The van der Waals surface area contributed by atoms with E-state index in [0.29, 0.717) is 28.5 Å². The van der Waals surface area contributed by atoms with Crippen LogP contribution in [-0.2, 0) is 9.47 Å². The summed E-state index contributed by atoms with van der Waals surface area (Å²) in [5.41, 5.74) is 0. The van der Waals surface area contributed by atoms with Crippen LogP contribution in [0.25, 0.3) is 0 Å². The van der Waals surface area contributed by atoms with Gasteiger partial charge < -0.3 is 9.47 Å². The molecule has 16 heavy (non-hydrogen) atoms. The van der Waals surface area contributed by atoms with E-state index >= 15 is 0 Å². The molecule has 4 fully saturated rings. The van der Waals surface area contributed by atoms with E-state index in [1.807, 2.05) is 0 Å². The fourth-order valence-electron chi connectivity index (χ4n) is 2.92. The molecule has 0 aromatic carbocycles. The Balaban J connectivity index is 1.82. The number of hydrogen-bond acceptors (Lipinski definition) is 4. The van der Waals surface area contributed by atoms with Crippen LogP contribution in [0.15, 0.2) is 0 Å². The molecule has 3 saturated heterocycles. The van der Waals surface area contributed by atoms with Crippen molar-refractivity contribution < 1.29 is 9.47 Å². The topological polar surface area (TPSA) is 18.5 Å². The Morgan fingerprint density at radius 1 is 1.06 bits per heavy atom. The molecule has 0 aromatic heterocycles. The average molecular weight is 260 g/mol. The van der Waals surface area contributed by atoms with E-state index in [2.05, 4.69) is 37.4 Å². The molecule has 4 heteroatoms. The first kappa shape index (κ1) is 11.7. The maximum Gasteiger partial charge on any atom is 0.0875 e. The Morgan fingerprint density at radius 2 is 1.75 bits per heavy atom. The van der Waals surface area contributed by atoms with Crippen LogP contribution in [0.5, 0.6) is 0 Å². The van der Waals surface area contributed by atoms with Crippen molar-refractivity contribution >= 4 is 23.5 Å². The van der Waals surface area contributed by atoms with Crippen molar-refractivity contribution in [2.24, 2.45) is 0 Å². The van der Waals surface area contributed by atoms with Crippen LogP contribution >= 0.6 is 23.5 Å². The summed E-state index contributed by atoms with van der Waals surface area (Å²) >= 11 is 4.24. The zero-order chi connectivity index (χ0) is 11.2. The average Bonchev–Trinajstić information content (AvgIpc) is 2.24. The zero-order valence-corrected chi connectivity index (χ0v) is 11.6. The van der Waals surface area contributed by atoms with Crippen LogP contribution < -0.4 is 0 Å². The molecule has 2 bridgehead atoms. The first-order valence-corrected chi connectivity index (χ1v) is 8.24. The minimum atomic E-state index is 0.348. The van der Waals surface area contributed by atoms with Gasteiger partial charge in [0.1, 0.15) is 0 Å². The van der Waals surface area contributed by atoms with Crippen molar-refractivity contribution in [1.29, 1.82) is 0 Å². The van der Waals surface area contributed by atoms with Crippen LogP contribution in [0.1, 0.15) is 33.1 Å². The largest absolute Gasteiger partial charge is 0.374 e. The smallest absolute Gasteiger partial charge is 0.0875 e. The van der Waals surface area contributed by atoms with Crippen molar-refractivity contribution in [1.82, 2.24) is 0 Å². The molecule has 1 aliphatic carbocycles. The summed E-state index contributed by atoms with van der Waals surface area (Å²) in [6.45, 7) is 4.40. The molecular weight excluding hydrogens is 240 g/mol. The van der Waals surface area contributed by atoms with Gasteiger partial charge in [0.25, 0.3) is 0 Å². The number of hydrogen-bond donors (Lipinski definition) is 0. The van der Waals surface area contributed by atoms with Crippen LogP contribution in [0.4, 0.5) is 0 Å². The van der Waals surface area contributed by atoms with Gasteiger partial charge in [0.2, 0.25) is 0 Å². The first-order chi connectivity index (χ1) is 7.68. The standard InChI is InChI=1S/C12H20O2S2/c1-8-6-15-12-4-3-10(13-8)5-11(12)14-9(2)7-16-12/h8-11H,3-7H2,1-2H3. The quantitative estimate of drug-likeness (QED) is 0.666. The van der Waals surface area contributed by atoms with Crippen molar-refractivity contribution in [2.45, 2.75) is 61.6 Å². The monoisotopic (exact) mass is 260 g/mol. The lowest BCUT2D eigenvalue weighted by Gasteiger charge is -2.51. The van der Waals surface area contributed by atoms with E-state index in [1.165, 1.54) is 12.8 Å². The summed E-state index contributed by atoms with van der Waals surface area (Å²) in [5, 5.41) is 0. The van der Waals surface area contributed by atoms with E-state index in [1.54, 1.807) is 0 Å². The van der Waals surface area contributed by atoms with Crippen LogP contribution in [0.3, 0.4) is 0 Å². The van der Waals surface area contributed by atoms with E-state index < -0.39 is 0 Å². The zero-order valence-electron chi connectivity index (χ0n) is 9.98. The second-order valence-electron chi connectivity index (χ2n) is 5.21. The predicted octanol–water partition coefficient (Wildman–Crippen LogP) is 2.91. The molecule has 0 aromatic rings. The highest BCUT2D eigenvalue weighted by atomic mass is 32.2. The molecule has 1 spiro atoms. The molecule has 1 saturated carbocycles. The third kappa shape index (κ3) is 2.02. The number of fused-ring (bicyclic) bond motifs is 4. The van der Waals surface area contributed by atoms with Crippen molar-refractivity contribution in [2.75, 3.05) is 11.5 Å². The SMILES string of the molecule is CC1CSC23CCC(CC2OC(C)CS3)O1. The third-order valence-corrected chi connectivity index (χ3v) is 7.62. The Bertz CT molecular complexity index is 270. The highest BCUT2D eigenvalue weighted by Crippen LogP contribution is 2.54. The van der Waals surface area contributed by atoms with Gasteiger partial charge in [0.05, 0.1) is 28.5 Å². The lowest BCUT2D eigenvalue weighted by molar-refractivity contribution is -0.0870. The van der Waals surface area contributed by atoms with Gasteiger partial charge in [0.15, 0.2) is 0 Å². The molecule has 5 unspecified atom stereocenters. The maximum atomic E-state index is 6.16. The van der Waals surface area contributed by atoms with Gasteiger partial charge in [-0.25, -0.2) is 0 Å². The molecular formula is C12H20O2S2. The van der Waals surface area contributed by atoms with Gasteiger partial charge in [-0.3, -0.25) is 0 Å². The molecule has 3 aliphatic heterocycles. The number of thioether (sulfide) groups is 2. The van der Waals surface area contributed by atoms with Crippen LogP contribution in [-0.4, -0.2) is 40.0 Å². The van der Waals surface area contributed by atoms with Gasteiger partial charge in [-0.15, -0.1) is 23.5 Å². The van der Waals surface area contributed by atoms with Gasteiger partial charge >= 0.3 is 0 Å². The van der Waals surface area contributed by atoms with Crippen LogP contribution in [0.2, 0.25) is 0 Å². The minimum absolute atomic E-state index is 0.348. The molecule has 92 valence electrons. The maximum absolute atomic E-state index is 6.16. The minimum Gasteiger partial charge on any atom is -0.374 e. The van der Waals surface area contributed by atoms with E-state index in [0.717, 1.165) is 17.9 Å². The highest BCUT2D eigenvalue weighted by molar-refractivity contribution is 8.18. The predicted molar refractivity (Wildman–Crippen MR) is 70.2 cm³/mol. The summed E-state index contributed by atoms with van der Waals surface area (Å²) in [6.07, 6.45) is 5.27. The molecule has 4 rings (SSSR count). The van der Waals surface area contributed by atoms with Crippen molar-refractivity contribution in [3.63, 3.8) is 0 Å². The Morgan fingerprint density at radius 3 is 2.50 bits per heavy atom. The summed E-state index contributed by atoms with van der Waals surface area (Å²) in [5.74, 6) is 2.28. The normalized spacial score (nSPS) is 52.9. The van der Waals surface area contributed by atoms with E-state index in [-0.39, 0.29) is 0 Å². The molecule has 0 radical (unpaired) electrons. The number of rotatable bonds is 0. The highest BCUT2D eigenvalue weighted by Gasteiger charge is 2.50. The number of ether oxygens (including phenoxy) is 2. The molecule has 0 amide bonds. The Labute approximate surface area is 106 Å². The second-order valence-corrected chi connectivity index (χ2v) is 8.17. The summed E-state index contributed by atoms with van der Waals surface area (Å²) in [4.78, 5) is 0. The van der Waals surface area contributed by atoms with Gasteiger partial charge in [0, 0.05) is 17.9 Å². The summed E-state index contributed by atoms with van der Waals surface area (Å²) < 4.78 is 12.6. The fourth-order valence-corrected chi connectivity index (χ4v) is 6.05. The Kier molecular flexibility index (Phi) is 3.20. The fraction of sp³-hybridized carbons (Fsp3) is 1.00. The first-order valence-electron chi connectivity index (χ1n) is 6.27. The lowest BCUT2D eigenvalue weighted by Crippen LogP contribution is -2.53. The van der Waals surface area contributed by atoms with Crippen molar-refractivity contribution in [3.05, 3.63) is 0 Å². The summed E-state index contributed by atoms with van der Waals surface area (Å²) in [6, 6.07) is 0. The van der Waals surface area contributed by atoms with Crippen molar-refractivity contribution in [3.8, 4) is 0 Å². The van der Waals surface area contributed by atoms with Crippen LogP contribution in [0, 0.1) is 0 Å². The molecule has 4 aliphatic rings. The molecule has 5 atom stereocenters. The molecule has 3 heterocycles. The lowest BCUT2D eigenvalue weighted by atomic mass is 9.93. The van der Waals surface area contributed by atoms with Gasteiger partial charge in [-0.2, -0.15) is 0 Å². The summed E-state index contributed by atoms with van der Waals surface area (Å²) in [7, 11) is 0. The van der Waals surface area contributed by atoms with E-state index in [4.69, 9.17) is 9.47 Å². The van der Waals surface area contributed by atoms with Gasteiger partial charge in [-0.1, -0.05) is 0 Å². The van der Waals surface area contributed by atoms with E-state index in [9.17, 15) is 0 Å². The second kappa shape index (κ2) is 4.38.